The molecule has 2 aliphatic heterocycles. The van der Waals surface area contributed by atoms with Crippen LogP contribution in [-0.2, 0) is 10.8 Å². The zero-order chi connectivity index (χ0) is 46.5. The molecule has 0 fully saturated rings. The number of rotatable bonds is 4. The van der Waals surface area contributed by atoms with Gasteiger partial charge in [-0.05, 0) is 122 Å². The zero-order valence-corrected chi connectivity index (χ0v) is 39.7. The summed E-state index contributed by atoms with van der Waals surface area (Å²) in [5, 5.41) is 6.99. The number of anilines is 2. The number of nitrogens with zero attached hydrogens (tertiary/aromatic N) is 2. The zero-order valence-electron chi connectivity index (χ0n) is 39.7. The third-order valence-electron chi connectivity index (χ3n) is 15.1. The predicted octanol–water partition coefficient (Wildman–Crippen LogP) is 16.0. The monoisotopic (exact) mass is 888 g/mol. The predicted molar refractivity (Wildman–Crippen MR) is 292 cm³/mol. The Balaban J connectivity index is 1.19. The minimum atomic E-state index is -0.237. The molecule has 9 aromatic carbocycles. The van der Waals surface area contributed by atoms with Crippen LogP contribution in [0.25, 0.3) is 94.1 Å². The third kappa shape index (κ3) is 5.83. The minimum absolute atomic E-state index is 0.00495. The Bertz CT molecular complexity index is 4140. The highest BCUT2D eigenvalue weighted by molar-refractivity contribution is 6.94. The second kappa shape index (κ2) is 14.3. The first-order valence-corrected chi connectivity index (χ1v) is 24.3. The normalized spacial score (nSPS) is 13.7. The maximum atomic E-state index is 7.36. The molecule has 0 spiro atoms. The van der Waals surface area contributed by atoms with E-state index < -0.39 is 0 Å². The first-order valence-electron chi connectivity index (χ1n) is 24.3. The molecular formula is C64H49BN2O2. The summed E-state index contributed by atoms with van der Waals surface area (Å²) in [6.07, 6.45) is 2.33. The van der Waals surface area contributed by atoms with Crippen LogP contribution in [-0.4, -0.2) is 11.4 Å². The lowest BCUT2D eigenvalue weighted by atomic mass is 9.43. The maximum Gasteiger partial charge on any atom is 0.333 e. The number of hydrogen-bond acceptors (Lipinski definition) is 3. The number of hydrogen-bond donors (Lipinski definition) is 0. The van der Waals surface area contributed by atoms with Crippen molar-refractivity contribution in [1.29, 1.82) is 0 Å². The van der Waals surface area contributed by atoms with Crippen LogP contribution in [0, 0.1) is 0 Å². The van der Waals surface area contributed by atoms with E-state index in [1.54, 1.807) is 0 Å². The van der Waals surface area contributed by atoms with Crippen LogP contribution in [0.4, 0.5) is 11.4 Å². The van der Waals surface area contributed by atoms with Gasteiger partial charge in [-0.15, -0.1) is 0 Å². The lowest BCUT2D eigenvalue weighted by molar-refractivity contribution is 0.590. The molecule has 3 aromatic heterocycles. The minimum Gasteiger partial charge on any atom is -0.456 e. The Morgan fingerprint density at radius 2 is 1.17 bits per heavy atom. The molecule has 0 saturated heterocycles. The van der Waals surface area contributed by atoms with Crippen molar-refractivity contribution >= 4 is 106 Å². The second-order valence-corrected chi connectivity index (χ2v) is 21.3. The third-order valence-corrected chi connectivity index (χ3v) is 15.1. The van der Waals surface area contributed by atoms with Gasteiger partial charge >= 0.3 is 6.85 Å². The Morgan fingerprint density at radius 3 is 1.91 bits per heavy atom. The molecule has 0 saturated carbocycles. The Kier molecular flexibility index (Phi) is 8.28. The van der Waals surface area contributed by atoms with Gasteiger partial charge in [0.1, 0.15) is 22.3 Å². The molecule has 2 aliphatic rings. The quantitative estimate of drug-likeness (QED) is 0.130. The molecule has 4 nitrogen and oxygen atoms in total. The number of benzene rings is 9. The molecule has 0 atom stereocenters. The first-order chi connectivity index (χ1) is 33.5. The lowest BCUT2D eigenvalue weighted by Crippen LogP contribution is -2.60. The summed E-state index contributed by atoms with van der Waals surface area (Å²) in [6, 6.07) is 67.0. The largest absolute Gasteiger partial charge is 0.456 e. The highest BCUT2D eigenvalue weighted by Crippen LogP contribution is 2.52. The number of fused-ring (bicyclic) bond motifs is 16. The Morgan fingerprint density at radius 1 is 0.507 bits per heavy atom. The van der Waals surface area contributed by atoms with E-state index in [1.807, 2.05) is 0 Å². The van der Waals surface area contributed by atoms with Crippen molar-refractivity contribution in [1.82, 2.24) is 4.57 Å². The van der Waals surface area contributed by atoms with Gasteiger partial charge in [0.25, 0.3) is 0 Å². The van der Waals surface area contributed by atoms with Crippen molar-refractivity contribution in [2.75, 3.05) is 4.81 Å². The van der Waals surface area contributed by atoms with E-state index in [0.29, 0.717) is 0 Å². The van der Waals surface area contributed by atoms with E-state index in [0.717, 1.165) is 88.6 Å². The molecule has 12 aromatic rings. The van der Waals surface area contributed by atoms with E-state index in [1.165, 1.54) is 49.5 Å². The summed E-state index contributed by atoms with van der Waals surface area (Å²) < 4.78 is 16.7. The summed E-state index contributed by atoms with van der Waals surface area (Å²) in [4.78, 5) is 2.61. The molecule has 0 unspecified atom stereocenters. The highest BCUT2D eigenvalue weighted by Gasteiger charge is 2.46. The van der Waals surface area contributed by atoms with Crippen molar-refractivity contribution in [3.8, 4) is 16.8 Å². The molecule has 0 aliphatic carbocycles. The van der Waals surface area contributed by atoms with Crippen molar-refractivity contribution < 1.29 is 8.83 Å². The maximum absolute atomic E-state index is 7.36. The van der Waals surface area contributed by atoms with Gasteiger partial charge in [-0.1, -0.05) is 163 Å². The van der Waals surface area contributed by atoms with Gasteiger partial charge in [0, 0.05) is 60.5 Å². The summed E-state index contributed by atoms with van der Waals surface area (Å²) in [6.45, 7) is 13.6. The van der Waals surface area contributed by atoms with Gasteiger partial charge < -0.3 is 18.2 Å². The van der Waals surface area contributed by atoms with Crippen LogP contribution in [0.3, 0.4) is 0 Å². The Hall–Kier alpha value is -8.02. The summed E-state index contributed by atoms with van der Waals surface area (Å²) in [5.74, 6) is 0. The van der Waals surface area contributed by atoms with Gasteiger partial charge in [0.15, 0.2) is 0 Å². The number of para-hydroxylation sites is 2. The standard InChI is InChI=1S/C64H49BN2O2/c1-63(2,3)41-26-29-43(30-27-41)67-52-31-25-40(46(39-19-11-8-12-20-39)33-38-17-9-7-10-18-38)34-48(52)59-60-61-57(58-45-22-14-16-24-55(45)69-62(58)59)49-35-42(64(4,5)6)28-32-51(49)66(61)53-36-47-44-21-13-15-23-54(44)68-56(47)37-50(53)65(60)67/h7-37H,1-6H3/b46-33+. The topological polar surface area (TPSA) is 34.5 Å². The molecule has 69 heavy (non-hydrogen) atoms. The Labute approximate surface area is 401 Å². The van der Waals surface area contributed by atoms with Crippen molar-refractivity contribution in [3.05, 3.63) is 210 Å². The van der Waals surface area contributed by atoms with Gasteiger partial charge in [0.05, 0.1) is 11.0 Å². The summed E-state index contributed by atoms with van der Waals surface area (Å²) in [7, 11) is 0. The average molecular weight is 889 g/mol. The van der Waals surface area contributed by atoms with Crippen molar-refractivity contribution in [3.63, 3.8) is 0 Å². The molecule has 5 heterocycles. The molecule has 5 heteroatoms. The van der Waals surface area contributed by atoms with Crippen LogP contribution >= 0.6 is 0 Å². The molecule has 0 amide bonds. The first kappa shape index (κ1) is 40.1. The van der Waals surface area contributed by atoms with Gasteiger partial charge in [-0.3, -0.25) is 0 Å². The van der Waals surface area contributed by atoms with Crippen molar-refractivity contribution in [2.45, 2.75) is 52.4 Å². The number of furan rings is 2. The summed E-state index contributed by atoms with van der Waals surface area (Å²) in [5.41, 5.74) is 21.3. The fourth-order valence-electron chi connectivity index (χ4n) is 11.7. The fraction of sp³-hybridized carbons (Fsp3) is 0.125. The van der Waals surface area contributed by atoms with E-state index in [2.05, 4.69) is 239 Å². The van der Waals surface area contributed by atoms with E-state index >= 15 is 0 Å². The second-order valence-electron chi connectivity index (χ2n) is 21.3. The molecule has 330 valence electrons. The molecular weight excluding hydrogens is 840 g/mol. The van der Waals surface area contributed by atoms with Gasteiger partial charge in [-0.25, -0.2) is 0 Å². The van der Waals surface area contributed by atoms with Crippen LogP contribution in [0.5, 0.6) is 0 Å². The fourth-order valence-corrected chi connectivity index (χ4v) is 11.7. The van der Waals surface area contributed by atoms with Gasteiger partial charge in [0.2, 0.25) is 0 Å². The van der Waals surface area contributed by atoms with E-state index in [9.17, 15) is 0 Å². The lowest BCUT2D eigenvalue weighted by Gasteiger charge is -2.42. The highest BCUT2D eigenvalue weighted by atomic mass is 16.3. The van der Waals surface area contributed by atoms with Crippen LogP contribution in [0.1, 0.15) is 69.4 Å². The van der Waals surface area contributed by atoms with Crippen molar-refractivity contribution in [2.24, 2.45) is 0 Å². The molecule has 0 radical (unpaired) electrons. The van der Waals surface area contributed by atoms with Gasteiger partial charge in [-0.2, -0.15) is 0 Å². The molecule has 14 rings (SSSR count). The van der Waals surface area contributed by atoms with E-state index in [4.69, 9.17) is 8.83 Å². The van der Waals surface area contributed by atoms with Crippen LogP contribution < -0.4 is 15.7 Å². The van der Waals surface area contributed by atoms with Crippen LogP contribution in [0.2, 0.25) is 0 Å². The average Bonchev–Trinajstić information content (AvgIpc) is 4.04. The molecule has 0 bridgehead atoms. The smallest absolute Gasteiger partial charge is 0.333 e. The summed E-state index contributed by atoms with van der Waals surface area (Å²) >= 11 is 0. The number of aromatic nitrogens is 1. The van der Waals surface area contributed by atoms with Crippen LogP contribution in [0.15, 0.2) is 191 Å². The van der Waals surface area contributed by atoms with E-state index in [-0.39, 0.29) is 17.7 Å². The molecule has 0 N–H and O–H groups in total. The SMILES string of the molecule is CC(C)(C)c1ccc(N2B3c4cc5oc6ccccc6c5cc4-n4c5ccc(C(C)(C)C)cc5c5c6c(oc7ccccc76)c(c3c54)-c3cc(/C(=C/c4ccccc4)c4ccccc4)ccc32)cc1.